The fourth-order valence-electron chi connectivity index (χ4n) is 3.12. The number of nitrogens with one attached hydrogen (secondary N) is 1. The smallest absolute Gasteiger partial charge is 0.222 e. The van der Waals surface area contributed by atoms with E-state index < -0.39 is 0 Å². The Morgan fingerprint density at radius 2 is 1.87 bits per heavy atom. The maximum atomic E-state index is 12.6. The minimum atomic E-state index is 0.135. The number of rotatable bonds is 5. The summed E-state index contributed by atoms with van der Waals surface area (Å²) < 4.78 is 0. The molecule has 0 unspecified atom stereocenters. The Labute approximate surface area is 136 Å². The van der Waals surface area contributed by atoms with Gasteiger partial charge in [0.1, 0.15) is 0 Å². The topological polar surface area (TPSA) is 56.4 Å². The van der Waals surface area contributed by atoms with Gasteiger partial charge < -0.3 is 9.88 Å². The predicted octanol–water partition coefficient (Wildman–Crippen LogP) is 2.29. The number of Topliss-reactive ketones (excluding diaryl/α,β-unsaturated/α-hetero) is 1. The highest BCUT2D eigenvalue weighted by Crippen LogP contribution is 2.18. The van der Waals surface area contributed by atoms with Crippen LogP contribution < -0.4 is 0 Å². The molecule has 0 saturated carbocycles. The van der Waals surface area contributed by atoms with E-state index in [1.54, 1.807) is 6.20 Å². The molecule has 3 rings (SSSR count). The van der Waals surface area contributed by atoms with Crippen LogP contribution in [0.15, 0.2) is 30.5 Å². The molecule has 0 radical (unpaired) electrons. The van der Waals surface area contributed by atoms with Crippen LogP contribution in [0.2, 0.25) is 0 Å². The van der Waals surface area contributed by atoms with Crippen molar-refractivity contribution in [3.63, 3.8) is 0 Å². The van der Waals surface area contributed by atoms with E-state index in [0.717, 1.165) is 49.1 Å². The van der Waals surface area contributed by atoms with E-state index >= 15 is 0 Å². The van der Waals surface area contributed by atoms with Crippen molar-refractivity contribution < 1.29 is 9.59 Å². The maximum absolute atomic E-state index is 12.6. The lowest BCUT2D eigenvalue weighted by molar-refractivity contribution is -0.132. The van der Waals surface area contributed by atoms with Gasteiger partial charge >= 0.3 is 0 Å². The molecule has 1 aromatic carbocycles. The van der Waals surface area contributed by atoms with Crippen molar-refractivity contribution in [1.29, 1.82) is 0 Å². The van der Waals surface area contributed by atoms with Gasteiger partial charge in [0.2, 0.25) is 5.91 Å². The summed E-state index contributed by atoms with van der Waals surface area (Å²) in [5.41, 5.74) is 1.75. The number of ketones is 1. The molecule has 23 heavy (non-hydrogen) atoms. The third-order valence-corrected chi connectivity index (χ3v) is 4.45. The van der Waals surface area contributed by atoms with Crippen LogP contribution in [0.4, 0.5) is 0 Å². The number of para-hydroxylation sites is 1. The Kier molecular flexibility index (Phi) is 4.76. The molecule has 5 nitrogen and oxygen atoms in total. The lowest BCUT2D eigenvalue weighted by Gasteiger charge is -2.34. The molecule has 1 aromatic heterocycles. The van der Waals surface area contributed by atoms with Crippen molar-refractivity contribution in [2.24, 2.45) is 0 Å². The minimum absolute atomic E-state index is 0.135. The number of nitrogens with zero attached hydrogens (tertiary/aromatic N) is 2. The summed E-state index contributed by atoms with van der Waals surface area (Å²) in [5.74, 6) is 0.367. The Hall–Kier alpha value is -2.14. The molecule has 0 aliphatic carbocycles. The van der Waals surface area contributed by atoms with Gasteiger partial charge in [-0.25, -0.2) is 0 Å². The third-order valence-electron chi connectivity index (χ3n) is 4.45. The summed E-state index contributed by atoms with van der Waals surface area (Å²) in [6.07, 6.45) is 3.31. The second-order valence-corrected chi connectivity index (χ2v) is 6.08. The van der Waals surface area contributed by atoms with E-state index in [9.17, 15) is 9.59 Å². The summed E-state index contributed by atoms with van der Waals surface area (Å²) in [4.78, 5) is 31.7. The van der Waals surface area contributed by atoms with Crippen molar-refractivity contribution in [2.45, 2.75) is 19.8 Å². The normalized spacial score (nSPS) is 16.0. The van der Waals surface area contributed by atoms with Gasteiger partial charge in [-0.15, -0.1) is 0 Å². The average molecular weight is 313 g/mol. The molecule has 122 valence electrons. The number of hydrogen-bond acceptors (Lipinski definition) is 3. The monoisotopic (exact) mass is 313 g/mol. The second-order valence-electron chi connectivity index (χ2n) is 6.08. The third kappa shape index (κ3) is 3.45. The van der Waals surface area contributed by atoms with Gasteiger partial charge in [0.25, 0.3) is 0 Å². The second kappa shape index (κ2) is 6.96. The molecule has 5 heteroatoms. The van der Waals surface area contributed by atoms with Gasteiger partial charge in [-0.2, -0.15) is 0 Å². The molecule has 1 fully saturated rings. The standard InChI is InChI=1S/C18H23N3O2/c1-2-5-18(23)21-10-8-20(9-11-21)13-17(22)15-12-19-16-7-4-3-6-14(15)16/h3-4,6-7,12,19H,2,5,8-11,13H2,1H3. The predicted molar refractivity (Wildman–Crippen MR) is 90.6 cm³/mol. The lowest BCUT2D eigenvalue weighted by atomic mass is 10.1. The first kappa shape index (κ1) is 15.7. The molecule has 2 heterocycles. The Bertz CT molecular complexity index is 699. The zero-order valence-electron chi connectivity index (χ0n) is 13.5. The van der Waals surface area contributed by atoms with Crippen LogP contribution in [-0.4, -0.2) is 59.2 Å². The Balaban J connectivity index is 1.58. The lowest BCUT2D eigenvalue weighted by Crippen LogP contribution is -2.49. The van der Waals surface area contributed by atoms with E-state index in [1.165, 1.54) is 0 Å². The van der Waals surface area contributed by atoms with Crippen LogP contribution >= 0.6 is 0 Å². The summed E-state index contributed by atoms with van der Waals surface area (Å²) in [6, 6.07) is 7.86. The molecule has 1 N–H and O–H groups in total. The van der Waals surface area contributed by atoms with Crippen molar-refractivity contribution in [2.75, 3.05) is 32.7 Å². The van der Waals surface area contributed by atoms with E-state index in [0.29, 0.717) is 13.0 Å². The molecule has 1 aliphatic rings. The van der Waals surface area contributed by atoms with Crippen LogP contribution in [0.5, 0.6) is 0 Å². The zero-order chi connectivity index (χ0) is 16.2. The number of amides is 1. The fourth-order valence-corrected chi connectivity index (χ4v) is 3.12. The van der Waals surface area contributed by atoms with Gasteiger partial charge in [0.15, 0.2) is 5.78 Å². The number of piperazine rings is 1. The maximum Gasteiger partial charge on any atom is 0.222 e. The molecular formula is C18H23N3O2. The van der Waals surface area contributed by atoms with Crippen LogP contribution in [0.1, 0.15) is 30.1 Å². The van der Waals surface area contributed by atoms with Crippen molar-refractivity contribution in [3.05, 3.63) is 36.0 Å². The molecule has 0 bridgehead atoms. The Morgan fingerprint density at radius 1 is 1.13 bits per heavy atom. The largest absolute Gasteiger partial charge is 0.360 e. The number of aromatic nitrogens is 1. The van der Waals surface area contributed by atoms with Gasteiger partial charge in [-0.1, -0.05) is 25.1 Å². The van der Waals surface area contributed by atoms with E-state index in [4.69, 9.17) is 0 Å². The molecule has 0 atom stereocenters. The first-order valence-electron chi connectivity index (χ1n) is 8.28. The number of fused-ring (bicyclic) bond motifs is 1. The molecule has 0 spiro atoms. The van der Waals surface area contributed by atoms with Crippen LogP contribution in [0.25, 0.3) is 10.9 Å². The fraction of sp³-hybridized carbons (Fsp3) is 0.444. The quantitative estimate of drug-likeness (QED) is 0.862. The number of carbonyl (C=O) groups excluding carboxylic acids is 2. The molecular weight excluding hydrogens is 290 g/mol. The Morgan fingerprint density at radius 3 is 2.61 bits per heavy atom. The minimum Gasteiger partial charge on any atom is -0.360 e. The zero-order valence-corrected chi connectivity index (χ0v) is 13.5. The summed E-state index contributed by atoms with van der Waals surface area (Å²) in [6.45, 7) is 5.42. The van der Waals surface area contributed by atoms with Crippen molar-refractivity contribution >= 4 is 22.6 Å². The van der Waals surface area contributed by atoms with Crippen molar-refractivity contribution in [3.8, 4) is 0 Å². The van der Waals surface area contributed by atoms with Crippen LogP contribution in [0, 0.1) is 0 Å². The van der Waals surface area contributed by atoms with Crippen LogP contribution in [-0.2, 0) is 4.79 Å². The van der Waals surface area contributed by atoms with Gasteiger partial charge in [0.05, 0.1) is 6.54 Å². The highest BCUT2D eigenvalue weighted by atomic mass is 16.2. The number of benzene rings is 1. The highest BCUT2D eigenvalue weighted by Gasteiger charge is 2.23. The average Bonchev–Trinajstić information content (AvgIpc) is 3.00. The number of H-pyrrole nitrogens is 1. The first-order chi connectivity index (χ1) is 11.2. The number of hydrogen-bond donors (Lipinski definition) is 1. The molecule has 1 saturated heterocycles. The summed E-state index contributed by atoms with van der Waals surface area (Å²) >= 11 is 0. The van der Waals surface area contributed by atoms with E-state index in [2.05, 4.69) is 9.88 Å². The number of aromatic amines is 1. The van der Waals surface area contributed by atoms with Crippen LogP contribution in [0.3, 0.4) is 0 Å². The van der Waals surface area contributed by atoms with Gasteiger partial charge in [0, 0.05) is 55.3 Å². The molecule has 1 aliphatic heterocycles. The van der Waals surface area contributed by atoms with Gasteiger partial charge in [-0.05, 0) is 12.5 Å². The summed E-state index contributed by atoms with van der Waals surface area (Å²) in [5, 5.41) is 0.981. The number of carbonyl (C=O) groups is 2. The van der Waals surface area contributed by atoms with E-state index in [1.807, 2.05) is 36.1 Å². The highest BCUT2D eigenvalue weighted by molar-refractivity contribution is 6.08. The van der Waals surface area contributed by atoms with Gasteiger partial charge in [-0.3, -0.25) is 14.5 Å². The van der Waals surface area contributed by atoms with Crippen molar-refractivity contribution in [1.82, 2.24) is 14.8 Å². The SMILES string of the molecule is CCCC(=O)N1CCN(CC(=O)c2c[nH]c3ccccc23)CC1. The molecule has 2 aromatic rings. The molecule has 1 amide bonds. The van der Waals surface area contributed by atoms with E-state index in [-0.39, 0.29) is 11.7 Å². The summed E-state index contributed by atoms with van der Waals surface area (Å²) in [7, 11) is 0. The first-order valence-corrected chi connectivity index (χ1v) is 8.28.